The quantitative estimate of drug-likeness (QED) is 0.885. The molecule has 0 unspecified atom stereocenters. The Morgan fingerprint density at radius 1 is 1.29 bits per heavy atom. The minimum atomic E-state index is -0.207. The van der Waals surface area contributed by atoms with E-state index < -0.39 is 0 Å². The van der Waals surface area contributed by atoms with Gasteiger partial charge in [0.05, 0.1) is 16.9 Å². The number of hydrogen-bond acceptors (Lipinski definition) is 4. The minimum Gasteiger partial charge on any atom is -0.387 e. The average Bonchev–Trinajstić information content (AvgIpc) is 2.54. The SMILES string of the molecule is CCCn1c(=O)c(C(NC(C)=O)=C(C)C)c(NC)c2cccnc21. The van der Waals surface area contributed by atoms with E-state index in [1.54, 1.807) is 17.8 Å². The predicted molar refractivity (Wildman–Crippen MR) is 97.9 cm³/mol. The third-order valence-electron chi connectivity index (χ3n) is 3.77. The van der Waals surface area contributed by atoms with Gasteiger partial charge in [-0.15, -0.1) is 0 Å². The molecule has 6 heteroatoms. The van der Waals surface area contributed by atoms with Crippen molar-refractivity contribution in [2.24, 2.45) is 0 Å². The molecule has 0 aromatic carbocycles. The number of fused-ring (bicyclic) bond motifs is 1. The van der Waals surface area contributed by atoms with Gasteiger partial charge in [0.2, 0.25) is 5.91 Å². The summed E-state index contributed by atoms with van der Waals surface area (Å²) in [5.41, 5.74) is 3.06. The van der Waals surface area contributed by atoms with Crippen LogP contribution in [0.2, 0.25) is 0 Å². The molecule has 0 aliphatic carbocycles. The first-order chi connectivity index (χ1) is 11.4. The number of pyridine rings is 2. The van der Waals surface area contributed by atoms with Crippen molar-refractivity contribution in [3.63, 3.8) is 0 Å². The second-order valence-electron chi connectivity index (χ2n) is 5.89. The van der Waals surface area contributed by atoms with E-state index in [2.05, 4.69) is 15.6 Å². The molecule has 0 spiro atoms. The van der Waals surface area contributed by atoms with E-state index in [9.17, 15) is 9.59 Å². The second-order valence-corrected chi connectivity index (χ2v) is 5.89. The van der Waals surface area contributed by atoms with Crippen LogP contribution in [0.25, 0.3) is 16.7 Å². The molecule has 128 valence electrons. The summed E-state index contributed by atoms with van der Waals surface area (Å²) in [6, 6.07) is 3.77. The lowest BCUT2D eigenvalue weighted by Gasteiger charge is -2.19. The Morgan fingerprint density at radius 3 is 2.54 bits per heavy atom. The fraction of sp³-hybridized carbons (Fsp3) is 0.389. The molecular formula is C18H24N4O2. The number of aromatic nitrogens is 2. The van der Waals surface area contributed by atoms with E-state index in [-0.39, 0.29) is 11.5 Å². The Balaban J connectivity index is 2.96. The van der Waals surface area contributed by atoms with Crippen LogP contribution in [0.3, 0.4) is 0 Å². The molecule has 2 aromatic heterocycles. The van der Waals surface area contributed by atoms with Gasteiger partial charge in [0, 0.05) is 32.1 Å². The van der Waals surface area contributed by atoms with Gasteiger partial charge in [-0.05, 0) is 32.4 Å². The molecule has 2 heterocycles. The van der Waals surface area contributed by atoms with Crippen molar-refractivity contribution in [2.75, 3.05) is 12.4 Å². The molecule has 1 amide bonds. The molecule has 6 nitrogen and oxygen atoms in total. The predicted octanol–water partition coefficient (Wildman–Crippen LogP) is 2.74. The highest BCUT2D eigenvalue weighted by atomic mass is 16.1. The molecule has 0 bridgehead atoms. The Bertz CT molecular complexity index is 861. The number of carbonyl (C=O) groups is 1. The molecule has 0 aliphatic rings. The number of nitrogens with one attached hydrogen (secondary N) is 2. The Hall–Kier alpha value is -2.63. The number of aryl methyl sites for hydroxylation is 1. The van der Waals surface area contributed by atoms with Gasteiger partial charge in [0.1, 0.15) is 5.65 Å². The highest BCUT2D eigenvalue weighted by Gasteiger charge is 2.21. The minimum absolute atomic E-state index is 0.155. The van der Waals surface area contributed by atoms with Gasteiger partial charge >= 0.3 is 0 Å². The van der Waals surface area contributed by atoms with Crippen molar-refractivity contribution in [2.45, 2.75) is 40.7 Å². The van der Waals surface area contributed by atoms with Crippen LogP contribution in [-0.4, -0.2) is 22.5 Å². The van der Waals surface area contributed by atoms with Gasteiger partial charge < -0.3 is 10.6 Å². The monoisotopic (exact) mass is 328 g/mol. The van der Waals surface area contributed by atoms with E-state index >= 15 is 0 Å². The summed E-state index contributed by atoms with van der Waals surface area (Å²) < 4.78 is 1.68. The van der Waals surface area contributed by atoms with Crippen LogP contribution in [0.15, 0.2) is 28.7 Å². The van der Waals surface area contributed by atoms with Gasteiger partial charge in [-0.25, -0.2) is 4.98 Å². The van der Waals surface area contributed by atoms with Crippen molar-refractivity contribution in [1.82, 2.24) is 14.9 Å². The molecule has 2 rings (SSSR count). The van der Waals surface area contributed by atoms with Gasteiger partial charge in [0.25, 0.3) is 5.56 Å². The largest absolute Gasteiger partial charge is 0.387 e. The summed E-state index contributed by atoms with van der Waals surface area (Å²) in [6.45, 7) is 7.78. The zero-order valence-electron chi connectivity index (χ0n) is 14.9. The fourth-order valence-corrected chi connectivity index (χ4v) is 2.82. The highest BCUT2D eigenvalue weighted by Crippen LogP contribution is 2.28. The molecule has 0 saturated carbocycles. The lowest BCUT2D eigenvalue weighted by molar-refractivity contribution is -0.117. The van der Waals surface area contributed by atoms with Gasteiger partial charge in [-0.3, -0.25) is 14.2 Å². The Labute approximate surface area is 141 Å². The highest BCUT2D eigenvalue weighted by molar-refractivity contribution is 5.98. The van der Waals surface area contributed by atoms with Crippen LogP contribution >= 0.6 is 0 Å². The maximum atomic E-state index is 13.2. The summed E-state index contributed by atoms with van der Waals surface area (Å²) >= 11 is 0. The number of carbonyl (C=O) groups excluding carboxylic acids is 1. The molecule has 0 atom stereocenters. The summed E-state index contributed by atoms with van der Waals surface area (Å²) in [6.07, 6.45) is 2.50. The lowest BCUT2D eigenvalue weighted by Crippen LogP contribution is -2.30. The first kappa shape index (κ1) is 17.7. The molecule has 2 N–H and O–H groups in total. The smallest absolute Gasteiger partial charge is 0.263 e. The fourth-order valence-electron chi connectivity index (χ4n) is 2.82. The van der Waals surface area contributed by atoms with E-state index in [0.29, 0.717) is 29.1 Å². The van der Waals surface area contributed by atoms with E-state index in [4.69, 9.17) is 0 Å². The van der Waals surface area contributed by atoms with Crippen LogP contribution < -0.4 is 16.2 Å². The van der Waals surface area contributed by atoms with E-state index in [1.807, 2.05) is 32.9 Å². The van der Waals surface area contributed by atoms with Gasteiger partial charge in [0.15, 0.2) is 0 Å². The molecule has 2 aromatic rings. The number of hydrogen-bond donors (Lipinski definition) is 2. The molecular weight excluding hydrogens is 304 g/mol. The molecule has 0 radical (unpaired) electrons. The third-order valence-corrected chi connectivity index (χ3v) is 3.77. The summed E-state index contributed by atoms with van der Waals surface area (Å²) in [5, 5.41) is 6.78. The number of rotatable bonds is 5. The lowest BCUT2D eigenvalue weighted by atomic mass is 10.0. The Kier molecular flexibility index (Phi) is 5.39. The van der Waals surface area contributed by atoms with Crippen LogP contribution in [0.1, 0.15) is 39.7 Å². The number of nitrogens with zero attached hydrogens (tertiary/aromatic N) is 2. The van der Waals surface area contributed by atoms with Gasteiger partial charge in [-0.2, -0.15) is 0 Å². The standard InChI is InChI=1S/C18H24N4O2/c1-6-10-22-17-13(8-7-9-20-17)16(19-5)14(18(22)24)15(11(2)3)21-12(4)23/h7-9,19H,6,10H2,1-5H3,(H,21,23). The maximum absolute atomic E-state index is 13.2. The molecule has 0 saturated heterocycles. The summed E-state index contributed by atoms with van der Waals surface area (Å²) in [4.78, 5) is 29.2. The van der Waals surface area contributed by atoms with Crippen molar-refractivity contribution in [3.05, 3.63) is 39.8 Å². The first-order valence-electron chi connectivity index (χ1n) is 8.07. The Morgan fingerprint density at radius 2 is 2.00 bits per heavy atom. The van der Waals surface area contributed by atoms with Gasteiger partial charge in [-0.1, -0.05) is 12.5 Å². The topological polar surface area (TPSA) is 76.0 Å². The normalized spacial score (nSPS) is 10.5. The van der Waals surface area contributed by atoms with E-state index in [1.165, 1.54) is 6.92 Å². The van der Waals surface area contributed by atoms with Crippen molar-refractivity contribution >= 4 is 28.3 Å². The van der Waals surface area contributed by atoms with Crippen LogP contribution in [0.4, 0.5) is 5.69 Å². The van der Waals surface area contributed by atoms with Crippen LogP contribution in [-0.2, 0) is 11.3 Å². The van der Waals surface area contributed by atoms with Crippen molar-refractivity contribution in [3.8, 4) is 0 Å². The number of anilines is 1. The van der Waals surface area contributed by atoms with E-state index in [0.717, 1.165) is 17.4 Å². The van der Waals surface area contributed by atoms with Crippen LogP contribution in [0, 0.1) is 0 Å². The van der Waals surface area contributed by atoms with Crippen molar-refractivity contribution < 1.29 is 4.79 Å². The van der Waals surface area contributed by atoms with Crippen molar-refractivity contribution in [1.29, 1.82) is 0 Å². The number of amides is 1. The van der Waals surface area contributed by atoms with Crippen LogP contribution in [0.5, 0.6) is 0 Å². The molecule has 0 aliphatic heterocycles. The first-order valence-corrected chi connectivity index (χ1v) is 8.07. The zero-order chi connectivity index (χ0) is 17.9. The summed E-state index contributed by atoms with van der Waals surface area (Å²) in [5.74, 6) is -0.207. The third kappa shape index (κ3) is 3.18. The average molecular weight is 328 g/mol. The number of allylic oxidation sites excluding steroid dienone is 1. The summed E-state index contributed by atoms with van der Waals surface area (Å²) in [7, 11) is 1.77. The second kappa shape index (κ2) is 7.29. The molecule has 24 heavy (non-hydrogen) atoms. The molecule has 0 fully saturated rings. The maximum Gasteiger partial charge on any atom is 0.263 e. The zero-order valence-corrected chi connectivity index (χ0v) is 14.9.